The topological polar surface area (TPSA) is 106 Å². The van der Waals surface area contributed by atoms with Gasteiger partial charge >= 0.3 is 0 Å². The monoisotopic (exact) mass is 500 g/mol. The van der Waals surface area contributed by atoms with Crippen LogP contribution >= 0.6 is 11.6 Å². The van der Waals surface area contributed by atoms with Gasteiger partial charge < -0.3 is 5.32 Å². The van der Waals surface area contributed by atoms with Crippen molar-refractivity contribution in [3.8, 4) is 16.9 Å². The van der Waals surface area contributed by atoms with Crippen molar-refractivity contribution in [2.75, 3.05) is 5.32 Å². The summed E-state index contributed by atoms with van der Waals surface area (Å²) in [5.41, 5.74) is 2.15. The summed E-state index contributed by atoms with van der Waals surface area (Å²) in [5.74, 6) is -1.04. The number of pyridine rings is 1. The van der Waals surface area contributed by atoms with Crippen LogP contribution in [-0.2, 0) is 6.42 Å². The van der Waals surface area contributed by atoms with Crippen LogP contribution in [0.25, 0.3) is 16.9 Å². The van der Waals surface area contributed by atoms with Crippen LogP contribution in [0, 0.1) is 5.82 Å². The largest absolute Gasteiger partial charge is 0.306 e. The normalized spacial score (nSPS) is 10.8. The van der Waals surface area contributed by atoms with Crippen LogP contribution in [0.2, 0.25) is 5.02 Å². The number of carbonyl (C=O) groups excluding carboxylic acids is 2. The zero-order valence-electron chi connectivity index (χ0n) is 18.7. The molecule has 178 valence electrons. The Morgan fingerprint density at radius 3 is 2.64 bits per heavy atom. The van der Waals surface area contributed by atoms with Crippen LogP contribution in [0.5, 0.6) is 0 Å². The third-order valence-electron chi connectivity index (χ3n) is 5.40. The molecule has 5 aromatic rings. The zero-order valence-corrected chi connectivity index (χ0v) is 19.4. The van der Waals surface area contributed by atoms with Crippen molar-refractivity contribution in [1.82, 2.24) is 25.0 Å². The van der Waals surface area contributed by atoms with E-state index in [1.54, 1.807) is 30.6 Å². The van der Waals surface area contributed by atoms with Gasteiger partial charge in [0, 0.05) is 30.4 Å². The number of aromatic nitrogens is 5. The van der Waals surface area contributed by atoms with Crippen molar-refractivity contribution in [1.29, 1.82) is 0 Å². The highest BCUT2D eigenvalue weighted by atomic mass is 35.5. The van der Waals surface area contributed by atoms with Gasteiger partial charge in [0.2, 0.25) is 0 Å². The molecule has 0 unspecified atom stereocenters. The highest BCUT2D eigenvalue weighted by molar-refractivity contribution is 6.34. The number of Topliss-reactive ketones (excluding diaryl/α,β-unsaturated/α-hetero) is 1. The fraction of sp³-hybridized carbons (Fsp3) is 0.0385. The minimum absolute atomic E-state index is 0.0964. The third-order valence-corrected chi connectivity index (χ3v) is 5.73. The summed E-state index contributed by atoms with van der Waals surface area (Å²) in [6.07, 6.45) is 4.76. The van der Waals surface area contributed by atoms with Gasteiger partial charge in [-0.3, -0.25) is 19.7 Å². The SMILES string of the molecule is O=C(Cc1cn[nH]c1)c1cc(NC(=O)c2cc(-c3ncccc3F)ccc2Cl)n(-c2ccccc2)n1. The highest BCUT2D eigenvalue weighted by Gasteiger charge is 2.20. The molecule has 3 heterocycles. The number of halogens is 2. The molecule has 0 radical (unpaired) electrons. The Balaban J connectivity index is 1.49. The molecule has 0 aliphatic heterocycles. The van der Waals surface area contributed by atoms with Crippen LogP contribution in [0.3, 0.4) is 0 Å². The fourth-order valence-corrected chi connectivity index (χ4v) is 3.85. The van der Waals surface area contributed by atoms with Gasteiger partial charge in [-0.15, -0.1) is 0 Å². The average molecular weight is 501 g/mol. The molecule has 0 atom stereocenters. The average Bonchev–Trinajstić information content (AvgIpc) is 3.55. The van der Waals surface area contributed by atoms with E-state index in [1.165, 1.54) is 41.2 Å². The highest BCUT2D eigenvalue weighted by Crippen LogP contribution is 2.27. The first-order valence-corrected chi connectivity index (χ1v) is 11.3. The number of H-pyrrole nitrogens is 1. The molecule has 0 fully saturated rings. The lowest BCUT2D eigenvalue weighted by molar-refractivity contribution is 0.0986. The second-order valence-electron chi connectivity index (χ2n) is 7.85. The molecule has 5 rings (SSSR count). The maximum Gasteiger partial charge on any atom is 0.258 e. The molecule has 0 saturated carbocycles. The number of para-hydroxylation sites is 1. The van der Waals surface area contributed by atoms with Gasteiger partial charge in [-0.2, -0.15) is 10.2 Å². The van der Waals surface area contributed by atoms with Crippen molar-refractivity contribution in [3.05, 3.63) is 113 Å². The van der Waals surface area contributed by atoms with Crippen molar-refractivity contribution in [2.45, 2.75) is 6.42 Å². The molecule has 1 amide bonds. The molecule has 10 heteroatoms. The molecular formula is C26H18ClFN6O2. The molecule has 36 heavy (non-hydrogen) atoms. The standard InChI is InChI=1S/C26H18ClFN6O2/c27-20-9-8-17(25-21(28)7-4-10-29-25)12-19(20)26(36)32-24-13-22(23(35)11-16-14-30-31-15-16)33-34(24)18-5-2-1-3-6-18/h1-10,12-15H,11H2,(H,30,31)(H,32,36). The Kier molecular flexibility index (Phi) is 6.38. The van der Waals surface area contributed by atoms with Gasteiger partial charge in [-0.25, -0.2) is 9.07 Å². The quantitative estimate of drug-likeness (QED) is 0.301. The Morgan fingerprint density at radius 1 is 1.06 bits per heavy atom. The number of hydrogen-bond donors (Lipinski definition) is 2. The predicted octanol–water partition coefficient (Wildman–Crippen LogP) is 5.13. The van der Waals surface area contributed by atoms with Gasteiger partial charge in [0.15, 0.2) is 5.78 Å². The van der Waals surface area contributed by atoms with Gasteiger partial charge in [0.1, 0.15) is 23.0 Å². The van der Waals surface area contributed by atoms with Gasteiger partial charge in [-0.1, -0.05) is 35.9 Å². The molecule has 0 aliphatic carbocycles. The van der Waals surface area contributed by atoms with Gasteiger partial charge in [0.25, 0.3) is 5.91 Å². The Bertz CT molecular complexity index is 1550. The molecule has 0 spiro atoms. The van der Waals surface area contributed by atoms with Crippen molar-refractivity contribution >= 4 is 29.1 Å². The summed E-state index contributed by atoms with van der Waals surface area (Å²) in [4.78, 5) is 30.2. The summed E-state index contributed by atoms with van der Waals surface area (Å²) in [6.45, 7) is 0. The molecule has 0 bridgehead atoms. The smallest absolute Gasteiger partial charge is 0.258 e. The first-order valence-electron chi connectivity index (χ1n) is 10.9. The first kappa shape index (κ1) is 23.1. The second-order valence-corrected chi connectivity index (χ2v) is 8.26. The van der Waals surface area contributed by atoms with Crippen molar-refractivity contribution < 1.29 is 14.0 Å². The number of ketones is 1. The lowest BCUT2D eigenvalue weighted by atomic mass is 10.1. The number of carbonyl (C=O) groups is 2. The van der Waals surface area contributed by atoms with Crippen LogP contribution < -0.4 is 5.32 Å². The number of rotatable bonds is 7. The lowest BCUT2D eigenvalue weighted by Gasteiger charge is -2.11. The Labute approximate surface area is 209 Å². The number of nitrogens with zero attached hydrogens (tertiary/aromatic N) is 4. The van der Waals surface area contributed by atoms with Crippen molar-refractivity contribution in [2.24, 2.45) is 0 Å². The predicted molar refractivity (Wildman–Crippen MR) is 133 cm³/mol. The Morgan fingerprint density at radius 2 is 1.89 bits per heavy atom. The number of hydrogen-bond acceptors (Lipinski definition) is 5. The third kappa shape index (κ3) is 4.77. The number of nitrogens with one attached hydrogen (secondary N) is 2. The molecule has 3 aromatic heterocycles. The maximum atomic E-state index is 14.3. The first-order chi connectivity index (χ1) is 17.5. The van der Waals surface area contributed by atoms with E-state index in [0.717, 1.165) is 0 Å². The summed E-state index contributed by atoms with van der Waals surface area (Å²) < 4.78 is 15.7. The van der Waals surface area contributed by atoms with E-state index < -0.39 is 11.7 Å². The molecule has 2 aromatic carbocycles. The number of amides is 1. The number of anilines is 1. The van der Waals surface area contributed by atoms with E-state index in [9.17, 15) is 14.0 Å². The fourth-order valence-electron chi connectivity index (χ4n) is 3.65. The molecule has 0 aliphatic rings. The molecule has 8 nitrogen and oxygen atoms in total. The van der Waals surface area contributed by atoms with E-state index in [4.69, 9.17) is 11.6 Å². The Hall–Kier alpha value is -4.63. The van der Waals surface area contributed by atoms with E-state index in [1.807, 2.05) is 18.2 Å². The summed E-state index contributed by atoms with van der Waals surface area (Å²) in [7, 11) is 0. The van der Waals surface area contributed by atoms with Gasteiger partial charge in [-0.05, 0) is 42.0 Å². The molecule has 0 saturated heterocycles. The van der Waals surface area contributed by atoms with E-state index in [-0.39, 0.29) is 40.0 Å². The lowest BCUT2D eigenvalue weighted by Crippen LogP contribution is -2.15. The maximum absolute atomic E-state index is 14.3. The number of benzene rings is 2. The molecule has 2 N–H and O–H groups in total. The van der Waals surface area contributed by atoms with Crippen molar-refractivity contribution in [3.63, 3.8) is 0 Å². The summed E-state index contributed by atoms with van der Waals surface area (Å²) >= 11 is 6.32. The zero-order chi connectivity index (χ0) is 25.1. The van der Waals surface area contributed by atoms with Crippen LogP contribution in [0.4, 0.5) is 10.2 Å². The summed E-state index contributed by atoms with van der Waals surface area (Å²) in [5, 5.41) is 13.9. The minimum atomic E-state index is -0.552. The minimum Gasteiger partial charge on any atom is -0.306 e. The molecular weight excluding hydrogens is 483 g/mol. The second kappa shape index (κ2) is 9.93. The van der Waals surface area contributed by atoms with E-state index >= 15 is 0 Å². The summed E-state index contributed by atoms with van der Waals surface area (Å²) in [6, 6.07) is 17.9. The van der Waals surface area contributed by atoms with Crippen LogP contribution in [0.1, 0.15) is 26.4 Å². The van der Waals surface area contributed by atoms with Crippen LogP contribution in [0.15, 0.2) is 85.3 Å². The van der Waals surface area contributed by atoms with E-state index in [0.29, 0.717) is 16.8 Å². The van der Waals surface area contributed by atoms with Crippen LogP contribution in [-0.4, -0.2) is 36.7 Å². The van der Waals surface area contributed by atoms with E-state index in [2.05, 4.69) is 25.6 Å². The van der Waals surface area contributed by atoms with Gasteiger partial charge in [0.05, 0.1) is 22.5 Å². The number of aromatic amines is 1.